The maximum absolute atomic E-state index is 12.0. The third-order valence-electron chi connectivity index (χ3n) is 3.26. The molecule has 22 heavy (non-hydrogen) atoms. The van der Waals surface area contributed by atoms with E-state index in [1.807, 2.05) is 54.1 Å². The molecule has 0 saturated heterocycles. The molecule has 1 N–H and O–H groups in total. The van der Waals surface area contributed by atoms with Crippen molar-refractivity contribution in [2.45, 2.75) is 26.5 Å². The largest absolute Gasteiger partial charge is 0.461 e. The zero-order valence-electron chi connectivity index (χ0n) is 12.6. The summed E-state index contributed by atoms with van der Waals surface area (Å²) in [6.45, 7) is 3.22. The molecule has 1 aromatic heterocycles. The van der Waals surface area contributed by atoms with Crippen LogP contribution in [0.2, 0.25) is 0 Å². The van der Waals surface area contributed by atoms with Gasteiger partial charge in [-0.05, 0) is 24.6 Å². The summed E-state index contributed by atoms with van der Waals surface area (Å²) in [5.41, 5.74) is 1.54. The number of carbonyl (C=O) groups is 2. The van der Waals surface area contributed by atoms with Gasteiger partial charge in [-0.15, -0.1) is 0 Å². The van der Waals surface area contributed by atoms with Crippen LogP contribution in [0.25, 0.3) is 0 Å². The van der Waals surface area contributed by atoms with Gasteiger partial charge in [0.25, 0.3) is 5.91 Å². The number of rotatable bonds is 7. The Hall–Kier alpha value is -2.56. The van der Waals surface area contributed by atoms with Crippen LogP contribution >= 0.6 is 0 Å². The molecular formula is C17H20N2O3. The first-order valence-electron chi connectivity index (χ1n) is 7.33. The fourth-order valence-corrected chi connectivity index (χ4v) is 2.07. The first-order valence-corrected chi connectivity index (χ1v) is 7.33. The monoisotopic (exact) mass is 300 g/mol. The van der Waals surface area contributed by atoms with E-state index in [2.05, 4.69) is 5.32 Å². The van der Waals surface area contributed by atoms with E-state index in [9.17, 15) is 9.59 Å². The molecule has 1 aromatic carbocycles. The number of aromatic nitrogens is 1. The van der Waals surface area contributed by atoms with Crippen molar-refractivity contribution in [3.05, 3.63) is 59.9 Å². The first kappa shape index (κ1) is 15.8. The van der Waals surface area contributed by atoms with E-state index in [4.69, 9.17) is 4.74 Å². The molecule has 5 nitrogen and oxygen atoms in total. The van der Waals surface area contributed by atoms with Gasteiger partial charge in [-0.2, -0.15) is 0 Å². The van der Waals surface area contributed by atoms with Crippen LogP contribution in [0.3, 0.4) is 0 Å². The van der Waals surface area contributed by atoms with E-state index in [-0.39, 0.29) is 31.4 Å². The van der Waals surface area contributed by atoms with Gasteiger partial charge in [-0.1, -0.05) is 30.3 Å². The van der Waals surface area contributed by atoms with Gasteiger partial charge < -0.3 is 14.6 Å². The van der Waals surface area contributed by atoms with Crippen molar-refractivity contribution in [2.24, 2.45) is 0 Å². The minimum Gasteiger partial charge on any atom is -0.461 e. The molecule has 5 heteroatoms. The van der Waals surface area contributed by atoms with Crippen LogP contribution in [-0.2, 0) is 22.7 Å². The molecule has 2 rings (SSSR count). The summed E-state index contributed by atoms with van der Waals surface area (Å²) in [4.78, 5) is 23.6. The molecule has 0 atom stereocenters. The normalized spacial score (nSPS) is 10.2. The van der Waals surface area contributed by atoms with Gasteiger partial charge in [-0.25, -0.2) is 0 Å². The lowest BCUT2D eigenvalue weighted by Gasteiger charge is -2.08. The highest BCUT2D eigenvalue weighted by Crippen LogP contribution is 2.03. The Bertz CT molecular complexity index is 620. The van der Waals surface area contributed by atoms with E-state index < -0.39 is 0 Å². The van der Waals surface area contributed by atoms with Gasteiger partial charge in [-0.3, -0.25) is 9.59 Å². The topological polar surface area (TPSA) is 60.3 Å². The number of hydrogen-bond donors (Lipinski definition) is 1. The number of nitrogens with zero attached hydrogens (tertiary/aromatic N) is 1. The van der Waals surface area contributed by atoms with Gasteiger partial charge in [0.15, 0.2) is 0 Å². The van der Waals surface area contributed by atoms with E-state index >= 15 is 0 Å². The fraction of sp³-hybridized carbons (Fsp3) is 0.294. The number of aryl methyl sites for hydroxylation is 1. The van der Waals surface area contributed by atoms with E-state index in [0.717, 1.165) is 12.1 Å². The molecule has 1 heterocycles. The quantitative estimate of drug-likeness (QED) is 0.799. The Morgan fingerprint density at radius 1 is 1.14 bits per heavy atom. The fourth-order valence-electron chi connectivity index (χ4n) is 2.07. The molecule has 116 valence electrons. The highest BCUT2D eigenvalue weighted by atomic mass is 16.5. The third-order valence-corrected chi connectivity index (χ3v) is 3.26. The van der Waals surface area contributed by atoms with Crippen molar-refractivity contribution in [3.8, 4) is 0 Å². The molecule has 0 aliphatic heterocycles. The third kappa shape index (κ3) is 4.48. The maximum Gasteiger partial charge on any atom is 0.307 e. The van der Waals surface area contributed by atoms with Crippen molar-refractivity contribution in [1.29, 1.82) is 0 Å². The van der Waals surface area contributed by atoms with Crippen LogP contribution in [-0.4, -0.2) is 23.0 Å². The summed E-state index contributed by atoms with van der Waals surface area (Å²) in [6.07, 6.45) is 2.01. The predicted octanol–water partition coefficient (Wildman–Crippen LogP) is 2.37. The number of esters is 1. The number of ether oxygens (including phenoxy) is 1. The Morgan fingerprint density at radius 3 is 2.64 bits per heavy atom. The Morgan fingerprint density at radius 2 is 1.91 bits per heavy atom. The van der Waals surface area contributed by atoms with Crippen LogP contribution in [0.15, 0.2) is 48.7 Å². The number of benzene rings is 1. The summed E-state index contributed by atoms with van der Waals surface area (Å²) in [5.74, 6) is -0.502. The van der Waals surface area contributed by atoms with Gasteiger partial charge in [0.05, 0.1) is 6.42 Å². The Labute approximate surface area is 129 Å². The van der Waals surface area contributed by atoms with Crippen LogP contribution < -0.4 is 5.32 Å². The molecule has 0 aliphatic carbocycles. The molecule has 0 saturated carbocycles. The Kier molecular flexibility index (Phi) is 5.77. The second kappa shape index (κ2) is 8.02. The summed E-state index contributed by atoms with van der Waals surface area (Å²) in [6, 6.07) is 13.1. The lowest BCUT2D eigenvalue weighted by atomic mass is 10.2. The summed E-state index contributed by atoms with van der Waals surface area (Å²) in [5, 5.41) is 2.73. The zero-order chi connectivity index (χ0) is 15.8. The Balaban J connectivity index is 1.70. The highest BCUT2D eigenvalue weighted by Gasteiger charge is 2.10. The van der Waals surface area contributed by atoms with Crippen LogP contribution in [0, 0.1) is 0 Å². The van der Waals surface area contributed by atoms with E-state index in [1.54, 1.807) is 6.07 Å². The lowest BCUT2D eigenvalue weighted by Crippen LogP contribution is -2.28. The molecular weight excluding hydrogens is 280 g/mol. The SMILES string of the molecule is CCn1cccc1C(=O)NCCC(=O)OCc1ccccc1. The van der Waals surface area contributed by atoms with Crippen LogP contribution in [0.1, 0.15) is 29.4 Å². The van der Waals surface area contributed by atoms with Crippen LogP contribution in [0.5, 0.6) is 0 Å². The smallest absolute Gasteiger partial charge is 0.307 e. The number of nitrogens with one attached hydrogen (secondary N) is 1. The van der Waals surface area contributed by atoms with Gasteiger partial charge >= 0.3 is 5.97 Å². The molecule has 0 fully saturated rings. The molecule has 0 radical (unpaired) electrons. The summed E-state index contributed by atoms with van der Waals surface area (Å²) >= 11 is 0. The minimum absolute atomic E-state index is 0.158. The highest BCUT2D eigenvalue weighted by molar-refractivity contribution is 5.92. The number of carbonyl (C=O) groups excluding carboxylic acids is 2. The van der Waals surface area contributed by atoms with Crippen molar-refractivity contribution in [3.63, 3.8) is 0 Å². The van der Waals surface area contributed by atoms with Crippen molar-refractivity contribution in [2.75, 3.05) is 6.54 Å². The zero-order valence-corrected chi connectivity index (χ0v) is 12.6. The lowest BCUT2D eigenvalue weighted by molar-refractivity contribution is -0.144. The second-order valence-corrected chi connectivity index (χ2v) is 4.83. The molecule has 2 aromatic rings. The van der Waals surface area contributed by atoms with Gasteiger partial charge in [0.1, 0.15) is 12.3 Å². The van der Waals surface area contributed by atoms with E-state index in [1.165, 1.54) is 0 Å². The molecule has 0 unspecified atom stereocenters. The van der Waals surface area contributed by atoms with Gasteiger partial charge in [0.2, 0.25) is 0 Å². The maximum atomic E-state index is 12.0. The molecule has 0 spiro atoms. The summed E-state index contributed by atoms with van der Waals surface area (Å²) < 4.78 is 7.00. The first-order chi connectivity index (χ1) is 10.7. The second-order valence-electron chi connectivity index (χ2n) is 4.83. The number of amides is 1. The average molecular weight is 300 g/mol. The minimum atomic E-state index is -0.324. The van der Waals surface area contributed by atoms with Crippen molar-refractivity contribution < 1.29 is 14.3 Å². The van der Waals surface area contributed by atoms with Gasteiger partial charge in [0, 0.05) is 19.3 Å². The van der Waals surface area contributed by atoms with Crippen LogP contribution in [0.4, 0.5) is 0 Å². The molecule has 0 aliphatic rings. The predicted molar refractivity (Wildman–Crippen MR) is 83.3 cm³/mol. The standard InChI is InChI=1S/C17H20N2O3/c1-2-19-12-6-9-15(19)17(21)18-11-10-16(20)22-13-14-7-4-3-5-8-14/h3-9,12H,2,10-11,13H2,1H3,(H,18,21). The van der Waals surface area contributed by atoms with E-state index in [0.29, 0.717) is 5.69 Å². The van der Waals surface area contributed by atoms with Crippen molar-refractivity contribution in [1.82, 2.24) is 9.88 Å². The number of hydrogen-bond acceptors (Lipinski definition) is 3. The van der Waals surface area contributed by atoms with Crippen molar-refractivity contribution >= 4 is 11.9 Å². The molecule has 1 amide bonds. The average Bonchev–Trinajstić information content (AvgIpc) is 3.02. The molecule has 0 bridgehead atoms. The summed E-state index contributed by atoms with van der Waals surface area (Å²) in [7, 11) is 0.